The van der Waals surface area contributed by atoms with Crippen LogP contribution in [-0.4, -0.2) is 32.8 Å². The first-order valence-corrected chi connectivity index (χ1v) is 8.96. The zero-order valence-corrected chi connectivity index (χ0v) is 15.8. The summed E-state index contributed by atoms with van der Waals surface area (Å²) in [6.07, 6.45) is 3.95. The van der Waals surface area contributed by atoms with Crippen molar-refractivity contribution in [1.82, 2.24) is 9.55 Å². The Kier molecular flexibility index (Phi) is 5.50. The number of hydrogen-bond donors (Lipinski definition) is 0. The lowest BCUT2D eigenvalue weighted by molar-refractivity contribution is -0.402. The van der Waals surface area contributed by atoms with Crippen molar-refractivity contribution in [2.75, 3.05) is 6.61 Å². The molecule has 28 heavy (non-hydrogen) atoms. The zero-order valence-electron chi connectivity index (χ0n) is 14.9. The average Bonchev–Trinajstić information content (AvgIpc) is 3.38. The molecule has 0 atom stereocenters. The van der Waals surface area contributed by atoms with E-state index in [1.165, 1.54) is 29.5 Å². The highest BCUT2D eigenvalue weighted by Gasteiger charge is 2.18. The van der Waals surface area contributed by atoms with Crippen molar-refractivity contribution in [1.29, 1.82) is 0 Å². The van der Waals surface area contributed by atoms with Crippen molar-refractivity contribution in [3.8, 4) is 5.13 Å². The van der Waals surface area contributed by atoms with Gasteiger partial charge in [0, 0.05) is 34.6 Å². The van der Waals surface area contributed by atoms with Crippen molar-refractivity contribution in [3.05, 3.63) is 68.7 Å². The van der Waals surface area contributed by atoms with Crippen molar-refractivity contribution in [2.24, 2.45) is 0 Å². The molecule has 0 saturated carbocycles. The number of rotatable bonds is 7. The van der Waals surface area contributed by atoms with Crippen molar-refractivity contribution in [3.63, 3.8) is 0 Å². The van der Waals surface area contributed by atoms with Crippen molar-refractivity contribution >= 4 is 35.0 Å². The predicted molar refractivity (Wildman–Crippen MR) is 101 cm³/mol. The van der Waals surface area contributed by atoms with Gasteiger partial charge in [0.15, 0.2) is 11.7 Å². The summed E-state index contributed by atoms with van der Waals surface area (Å²) in [5.41, 5.74) is 2.01. The number of nitrogens with zero attached hydrogens (tertiary/aromatic N) is 3. The molecule has 0 saturated heterocycles. The van der Waals surface area contributed by atoms with E-state index in [2.05, 4.69) is 4.98 Å². The van der Waals surface area contributed by atoms with Crippen LogP contribution in [0.4, 0.5) is 5.88 Å². The number of aromatic nitrogens is 2. The Morgan fingerprint density at radius 1 is 1.39 bits per heavy atom. The number of hydrogen-bond acceptors (Lipinski definition) is 8. The monoisotopic (exact) mass is 401 g/mol. The van der Waals surface area contributed by atoms with Crippen LogP contribution in [0.1, 0.15) is 27.5 Å². The van der Waals surface area contributed by atoms with Crippen LogP contribution < -0.4 is 0 Å². The van der Waals surface area contributed by atoms with Gasteiger partial charge in [-0.2, -0.15) is 0 Å². The van der Waals surface area contributed by atoms with Crippen LogP contribution in [0, 0.1) is 24.0 Å². The molecule has 3 aromatic heterocycles. The summed E-state index contributed by atoms with van der Waals surface area (Å²) in [5, 5.41) is 13.1. The molecule has 3 aromatic rings. The standard InChI is InChI=1S/C18H15N3O6S/c1-11-9-14(12(2)20(11)18-19-7-8-28-18)15(22)10-26-17(23)6-4-13-3-5-16(27-13)21(24)25/h3-9H,10H2,1-2H3/b6-4+. The predicted octanol–water partition coefficient (Wildman–Crippen LogP) is 3.49. The summed E-state index contributed by atoms with van der Waals surface area (Å²) in [7, 11) is 0. The van der Waals surface area contributed by atoms with E-state index in [4.69, 9.17) is 9.15 Å². The summed E-state index contributed by atoms with van der Waals surface area (Å²) in [5.74, 6) is -1.41. The van der Waals surface area contributed by atoms with Gasteiger partial charge in [0.2, 0.25) is 5.78 Å². The van der Waals surface area contributed by atoms with Crippen LogP contribution in [0.5, 0.6) is 0 Å². The molecule has 0 aromatic carbocycles. The molecule has 0 spiro atoms. The van der Waals surface area contributed by atoms with Gasteiger partial charge in [0.25, 0.3) is 0 Å². The van der Waals surface area contributed by atoms with Crippen LogP contribution >= 0.6 is 11.3 Å². The van der Waals surface area contributed by atoms with Crippen LogP contribution in [-0.2, 0) is 9.53 Å². The molecule has 0 radical (unpaired) electrons. The van der Waals surface area contributed by atoms with E-state index in [9.17, 15) is 19.7 Å². The number of nitro groups is 1. The largest absolute Gasteiger partial charge is 0.454 e. The van der Waals surface area contributed by atoms with Gasteiger partial charge >= 0.3 is 11.9 Å². The molecule has 0 fully saturated rings. The van der Waals surface area contributed by atoms with Gasteiger partial charge in [-0.3, -0.25) is 19.5 Å². The van der Waals surface area contributed by atoms with Crippen molar-refractivity contribution in [2.45, 2.75) is 13.8 Å². The average molecular weight is 401 g/mol. The van der Waals surface area contributed by atoms with Crippen LogP contribution in [0.15, 0.2) is 40.3 Å². The molecule has 0 amide bonds. The Morgan fingerprint density at radius 3 is 2.82 bits per heavy atom. The van der Waals surface area contributed by atoms with Gasteiger partial charge in [-0.05, 0) is 32.1 Å². The van der Waals surface area contributed by atoms with Gasteiger partial charge < -0.3 is 9.15 Å². The van der Waals surface area contributed by atoms with Gasteiger partial charge in [0.05, 0.1) is 6.07 Å². The van der Waals surface area contributed by atoms with E-state index < -0.39 is 23.4 Å². The lowest BCUT2D eigenvalue weighted by atomic mass is 10.1. The Hall–Kier alpha value is -3.53. The number of furan rings is 1. The Morgan fingerprint density at radius 2 is 2.18 bits per heavy atom. The molecule has 10 heteroatoms. The Bertz CT molecular complexity index is 1060. The second-order valence-corrected chi connectivity index (χ2v) is 6.61. The number of aryl methyl sites for hydroxylation is 1. The maximum atomic E-state index is 12.4. The molecule has 0 unspecified atom stereocenters. The van der Waals surface area contributed by atoms with E-state index in [1.54, 1.807) is 19.2 Å². The summed E-state index contributed by atoms with van der Waals surface area (Å²) in [4.78, 5) is 38.3. The third-order valence-electron chi connectivity index (χ3n) is 3.86. The third-order valence-corrected chi connectivity index (χ3v) is 4.62. The second-order valence-electron chi connectivity index (χ2n) is 5.73. The van der Waals surface area contributed by atoms with E-state index in [-0.39, 0.29) is 11.5 Å². The quantitative estimate of drug-likeness (QED) is 0.195. The van der Waals surface area contributed by atoms with Crippen LogP contribution in [0.25, 0.3) is 11.2 Å². The molecule has 144 valence electrons. The molecular weight excluding hydrogens is 386 g/mol. The Balaban J connectivity index is 1.62. The summed E-state index contributed by atoms with van der Waals surface area (Å²) < 4.78 is 11.7. The number of carbonyl (C=O) groups is 2. The number of thiazole rings is 1. The van der Waals surface area contributed by atoms with E-state index in [0.29, 0.717) is 11.3 Å². The SMILES string of the molecule is Cc1cc(C(=O)COC(=O)/C=C/c2ccc([N+](=O)[O-])o2)c(C)n1-c1nccs1. The molecule has 3 rings (SSSR count). The molecule has 3 heterocycles. The topological polar surface area (TPSA) is 117 Å². The number of ketones is 1. The van der Waals surface area contributed by atoms with Gasteiger partial charge in [-0.15, -0.1) is 11.3 Å². The molecule has 0 aliphatic rings. The van der Waals surface area contributed by atoms with E-state index >= 15 is 0 Å². The first kappa shape index (κ1) is 19.2. The van der Waals surface area contributed by atoms with Crippen LogP contribution in [0.3, 0.4) is 0 Å². The molecule has 0 bridgehead atoms. The normalized spacial score (nSPS) is 11.1. The van der Waals surface area contributed by atoms with Gasteiger partial charge in [-0.1, -0.05) is 0 Å². The molecule has 0 aliphatic carbocycles. The third kappa shape index (κ3) is 4.07. The highest BCUT2D eigenvalue weighted by Crippen LogP contribution is 2.22. The lowest BCUT2D eigenvalue weighted by Crippen LogP contribution is -2.13. The molecule has 0 aliphatic heterocycles. The zero-order chi connectivity index (χ0) is 20.3. The van der Waals surface area contributed by atoms with Gasteiger partial charge in [-0.25, -0.2) is 9.78 Å². The fraction of sp³-hybridized carbons (Fsp3) is 0.167. The van der Waals surface area contributed by atoms with Crippen molar-refractivity contribution < 1.29 is 23.7 Å². The molecule has 0 N–H and O–H groups in total. The maximum absolute atomic E-state index is 12.4. The first-order chi connectivity index (χ1) is 13.4. The highest BCUT2D eigenvalue weighted by atomic mass is 32.1. The smallest absolute Gasteiger partial charge is 0.433 e. The summed E-state index contributed by atoms with van der Waals surface area (Å²) in [6, 6.07) is 4.25. The fourth-order valence-corrected chi connectivity index (χ4v) is 3.36. The second kappa shape index (κ2) is 8.01. The number of ether oxygens (including phenoxy) is 1. The molecule has 9 nitrogen and oxygen atoms in total. The highest BCUT2D eigenvalue weighted by molar-refractivity contribution is 7.12. The fourth-order valence-electron chi connectivity index (χ4n) is 2.61. The van der Waals surface area contributed by atoms with E-state index in [1.807, 2.05) is 16.9 Å². The maximum Gasteiger partial charge on any atom is 0.433 e. The number of Topliss-reactive ketones (excluding diaryl/α,β-unsaturated/α-hetero) is 1. The minimum Gasteiger partial charge on any atom is -0.454 e. The summed E-state index contributed by atoms with van der Waals surface area (Å²) in [6.45, 7) is 3.24. The first-order valence-electron chi connectivity index (χ1n) is 8.08. The minimum atomic E-state index is -0.763. The summed E-state index contributed by atoms with van der Waals surface area (Å²) >= 11 is 1.45. The molecular formula is C18H15N3O6S. The minimum absolute atomic E-state index is 0.127. The van der Waals surface area contributed by atoms with Gasteiger partial charge in [0.1, 0.15) is 10.7 Å². The number of carbonyl (C=O) groups excluding carboxylic acids is 2. The Labute approximate surface area is 163 Å². The lowest BCUT2D eigenvalue weighted by Gasteiger charge is -2.05. The van der Waals surface area contributed by atoms with E-state index in [0.717, 1.165) is 16.9 Å². The number of esters is 1. The van der Waals surface area contributed by atoms with Crippen LogP contribution in [0.2, 0.25) is 0 Å².